The molecule has 0 aliphatic heterocycles. The molecule has 2 N–H and O–H groups in total. The second kappa shape index (κ2) is 11.1. The number of nitrogens with one attached hydrogen (secondary N) is 1. The third-order valence-electron chi connectivity index (χ3n) is 4.70. The number of aliphatic hydroxyl groups excluding tert-OH is 1. The molecule has 0 aliphatic carbocycles. The molecule has 0 saturated heterocycles. The second-order valence-electron chi connectivity index (χ2n) is 7.41. The van der Waals surface area contributed by atoms with Crippen molar-refractivity contribution in [3.8, 4) is 0 Å². The summed E-state index contributed by atoms with van der Waals surface area (Å²) in [7, 11) is -3.83. The van der Waals surface area contributed by atoms with Crippen molar-refractivity contribution in [2.24, 2.45) is 0 Å². The van der Waals surface area contributed by atoms with Gasteiger partial charge in [-0.2, -0.15) is 8.42 Å². The summed E-state index contributed by atoms with van der Waals surface area (Å²) in [5, 5.41) is 12.1. The third kappa shape index (κ3) is 7.78. The van der Waals surface area contributed by atoms with E-state index in [1.54, 1.807) is 19.1 Å². The van der Waals surface area contributed by atoms with Crippen LogP contribution < -0.4 is 5.32 Å². The monoisotopic (exact) mass is 435 g/mol. The van der Waals surface area contributed by atoms with Crippen molar-refractivity contribution in [3.05, 3.63) is 65.7 Å². The molecule has 1 amide bonds. The van der Waals surface area contributed by atoms with Crippen molar-refractivity contribution in [1.82, 2.24) is 5.32 Å². The number of carbonyl (C=O) groups excluding carboxylic acids is 1. The fourth-order valence-corrected chi connectivity index (χ4v) is 3.85. The van der Waals surface area contributed by atoms with Crippen LogP contribution in [0.4, 0.5) is 4.79 Å². The van der Waals surface area contributed by atoms with Crippen molar-refractivity contribution < 1.29 is 27.2 Å². The summed E-state index contributed by atoms with van der Waals surface area (Å²) in [5.74, 6) is 0. The average molecular weight is 436 g/mol. The lowest BCUT2D eigenvalue weighted by atomic mass is 9.92. The van der Waals surface area contributed by atoms with Gasteiger partial charge in [-0.05, 0) is 50.8 Å². The topological polar surface area (TPSA) is 102 Å². The Kier molecular flexibility index (Phi) is 8.83. The molecule has 0 aromatic heterocycles. The first kappa shape index (κ1) is 23.9. The highest BCUT2D eigenvalue weighted by molar-refractivity contribution is 7.86. The van der Waals surface area contributed by atoms with Gasteiger partial charge in [0.2, 0.25) is 0 Å². The molecule has 2 aromatic carbocycles. The van der Waals surface area contributed by atoms with E-state index in [4.69, 9.17) is 8.92 Å². The SMILES string of the molecule is Cc1ccc(S(=O)(=O)OCCC[C@@](C)(CCO)NC(=O)OCc2ccccc2)cc1. The summed E-state index contributed by atoms with van der Waals surface area (Å²) in [6.07, 6.45) is 0.499. The van der Waals surface area contributed by atoms with E-state index in [0.29, 0.717) is 19.3 Å². The van der Waals surface area contributed by atoms with Crippen LogP contribution in [0.15, 0.2) is 59.5 Å². The number of carbonyl (C=O) groups is 1. The maximum atomic E-state index is 12.2. The van der Waals surface area contributed by atoms with E-state index in [1.165, 1.54) is 12.1 Å². The van der Waals surface area contributed by atoms with Gasteiger partial charge in [-0.3, -0.25) is 4.18 Å². The van der Waals surface area contributed by atoms with Gasteiger partial charge in [0.1, 0.15) is 6.61 Å². The molecular formula is C22H29NO6S. The maximum absolute atomic E-state index is 12.2. The van der Waals surface area contributed by atoms with E-state index >= 15 is 0 Å². The maximum Gasteiger partial charge on any atom is 0.407 e. The van der Waals surface area contributed by atoms with Gasteiger partial charge in [0, 0.05) is 12.1 Å². The Bertz CT molecular complexity index is 899. The number of amides is 1. The molecule has 0 fully saturated rings. The van der Waals surface area contributed by atoms with Crippen LogP contribution in [0.2, 0.25) is 0 Å². The molecule has 164 valence electrons. The third-order valence-corrected chi connectivity index (χ3v) is 6.03. The molecule has 2 rings (SSSR count). The zero-order valence-electron chi connectivity index (χ0n) is 17.3. The number of benzene rings is 2. The Hall–Kier alpha value is -2.42. The van der Waals surface area contributed by atoms with Crippen LogP contribution in [0.5, 0.6) is 0 Å². The van der Waals surface area contributed by atoms with Crippen LogP contribution in [0.3, 0.4) is 0 Å². The molecule has 2 aromatic rings. The zero-order chi connectivity index (χ0) is 22.0. The van der Waals surface area contributed by atoms with E-state index in [2.05, 4.69) is 5.32 Å². The van der Waals surface area contributed by atoms with Crippen LogP contribution in [0.1, 0.15) is 37.3 Å². The van der Waals surface area contributed by atoms with Gasteiger partial charge in [0.25, 0.3) is 10.1 Å². The molecule has 0 aliphatic rings. The second-order valence-corrected chi connectivity index (χ2v) is 9.03. The van der Waals surface area contributed by atoms with Crippen molar-refractivity contribution in [2.75, 3.05) is 13.2 Å². The summed E-state index contributed by atoms with van der Waals surface area (Å²) in [6.45, 7) is 3.63. The predicted octanol–water partition coefficient (Wildman–Crippen LogP) is 3.55. The lowest BCUT2D eigenvalue weighted by molar-refractivity contribution is 0.118. The van der Waals surface area contributed by atoms with Crippen LogP contribution in [-0.4, -0.2) is 38.4 Å². The van der Waals surface area contributed by atoms with Crippen LogP contribution in [0, 0.1) is 6.92 Å². The molecule has 0 spiro atoms. The summed E-state index contributed by atoms with van der Waals surface area (Å²) in [5.41, 5.74) is 1.07. The molecule has 1 atom stereocenters. The Labute approximate surface area is 178 Å². The summed E-state index contributed by atoms with van der Waals surface area (Å²) in [4.78, 5) is 12.3. The Morgan fingerprint density at radius 2 is 1.73 bits per heavy atom. The normalized spacial score (nSPS) is 13.4. The molecule has 0 bridgehead atoms. The fourth-order valence-electron chi connectivity index (χ4n) is 2.91. The number of hydrogen-bond donors (Lipinski definition) is 2. The van der Waals surface area contributed by atoms with E-state index in [0.717, 1.165) is 11.1 Å². The van der Waals surface area contributed by atoms with Crippen molar-refractivity contribution in [3.63, 3.8) is 0 Å². The Morgan fingerprint density at radius 3 is 2.37 bits per heavy atom. The number of aryl methyl sites for hydroxylation is 1. The smallest absolute Gasteiger partial charge is 0.407 e. The van der Waals surface area contributed by atoms with Gasteiger partial charge in [0.15, 0.2) is 0 Å². The first-order valence-electron chi connectivity index (χ1n) is 9.80. The minimum atomic E-state index is -3.83. The largest absolute Gasteiger partial charge is 0.445 e. The lowest BCUT2D eigenvalue weighted by Gasteiger charge is -2.30. The highest BCUT2D eigenvalue weighted by Crippen LogP contribution is 2.19. The van der Waals surface area contributed by atoms with E-state index in [1.807, 2.05) is 37.3 Å². The van der Waals surface area contributed by atoms with E-state index < -0.39 is 21.8 Å². The minimum absolute atomic E-state index is 0.0298. The van der Waals surface area contributed by atoms with Crippen LogP contribution in [0.25, 0.3) is 0 Å². The quantitative estimate of drug-likeness (QED) is 0.413. The first-order chi connectivity index (χ1) is 14.2. The predicted molar refractivity (Wildman–Crippen MR) is 113 cm³/mol. The van der Waals surface area contributed by atoms with Gasteiger partial charge in [0.05, 0.1) is 11.5 Å². The van der Waals surface area contributed by atoms with E-state index in [9.17, 15) is 18.3 Å². The lowest BCUT2D eigenvalue weighted by Crippen LogP contribution is -2.47. The van der Waals surface area contributed by atoms with Gasteiger partial charge in [-0.1, -0.05) is 48.0 Å². The summed E-state index contributed by atoms with van der Waals surface area (Å²) >= 11 is 0. The molecule has 0 radical (unpaired) electrons. The molecule has 8 heteroatoms. The molecular weight excluding hydrogens is 406 g/mol. The van der Waals surface area contributed by atoms with Crippen LogP contribution >= 0.6 is 0 Å². The van der Waals surface area contributed by atoms with Gasteiger partial charge < -0.3 is 15.2 Å². The standard InChI is InChI=1S/C22H29NO6S/c1-18-9-11-20(12-10-18)30(26,27)29-16-6-13-22(2,14-15-24)23-21(25)28-17-19-7-4-3-5-8-19/h3-5,7-12,24H,6,13-17H2,1-2H3,(H,23,25)/t22-/m0/s1. The number of ether oxygens (including phenoxy) is 1. The summed E-state index contributed by atoms with van der Waals surface area (Å²) < 4.78 is 34.8. The Morgan fingerprint density at radius 1 is 1.07 bits per heavy atom. The zero-order valence-corrected chi connectivity index (χ0v) is 18.2. The summed E-state index contributed by atoms with van der Waals surface area (Å²) in [6, 6.07) is 15.7. The number of hydrogen-bond acceptors (Lipinski definition) is 6. The van der Waals surface area contributed by atoms with Crippen LogP contribution in [-0.2, 0) is 25.6 Å². The highest BCUT2D eigenvalue weighted by atomic mass is 32.2. The number of rotatable bonds is 11. The van der Waals surface area contributed by atoms with Crippen molar-refractivity contribution in [2.45, 2.75) is 50.2 Å². The van der Waals surface area contributed by atoms with Gasteiger partial charge in [-0.15, -0.1) is 0 Å². The van der Waals surface area contributed by atoms with Crippen molar-refractivity contribution in [1.29, 1.82) is 0 Å². The number of alkyl carbamates (subject to hydrolysis) is 1. The van der Waals surface area contributed by atoms with Gasteiger partial charge >= 0.3 is 6.09 Å². The molecule has 0 saturated carbocycles. The van der Waals surface area contributed by atoms with E-state index in [-0.39, 0.29) is 24.7 Å². The average Bonchev–Trinajstić information content (AvgIpc) is 2.71. The highest BCUT2D eigenvalue weighted by Gasteiger charge is 2.27. The molecule has 0 unspecified atom stereocenters. The molecule has 30 heavy (non-hydrogen) atoms. The minimum Gasteiger partial charge on any atom is -0.445 e. The first-order valence-corrected chi connectivity index (χ1v) is 11.2. The number of aliphatic hydroxyl groups is 1. The van der Waals surface area contributed by atoms with Crippen molar-refractivity contribution >= 4 is 16.2 Å². The molecule has 0 heterocycles. The van der Waals surface area contributed by atoms with Gasteiger partial charge in [-0.25, -0.2) is 4.79 Å². The molecule has 7 nitrogen and oxygen atoms in total. The Balaban J connectivity index is 1.83. The fraction of sp³-hybridized carbons (Fsp3) is 0.409.